The van der Waals surface area contributed by atoms with Gasteiger partial charge in [0.1, 0.15) is 0 Å². The third-order valence-corrected chi connectivity index (χ3v) is 5.21. The SMILES string of the molecule is CCC(CCCS(=O)(=O)Cc1ccccc1C)NC. The first-order chi connectivity index (χ1) is 8.98. The van der Waals surface area contributed by atoms with Gasteiger partial charge in [-0.1, -0.05) is 31.2 Å². The van der Waals surface area contributed by atoms with Crippen LogP contribution in [-0.4, -0.2) is 27.3 Å². The molecule has 0 aliphatic heterocycles. The fourth-order valence-electron chi connectivity index (χ4n) is 2.18. The van der Waals surface area contributed by atoms with Crippen LogP contribution in [0.15, 0.2) is 24.3 Å². The molecule has 1 aromatic carbocycles. The van der Waals surface area contributed by atoms with Crippen LogP contribution in [0, 0.1) is 6.92 Å². The molecule has 1 atom stereocenters. The van der Waals surface area contributed by atoms with Gasteiger partial charge in [0.25, 0.3) is 0 Å². The van der Waals surface area contributed by atoms with Crippen molar-refractivity contribution in [2.75, 3.05) is 12.8 Å². The van der Waals surface area contributed by atoms with E-state index in [9.17, 15) is 8.42 Å². The van der Waals surface area contributed by atoms with Gasteiger partial charge in [0.2, 0.25) is 0 Å². The Labute approximate surface area is 117 Å². The van der Waals surface area contributed by atoms with E-state index in [1.165, 1.54) is 0 Å². The van der Waals surface area contributed by atoms with Crippen molar-refractivity contribution >= 4 is 9.84 Å². The quantitative estimate of drug-likeness (QED) is 0.798. The predicted octanol–water partition coefficient (Wildman–Crippen LogP) is 2.69. The molecule has 0 heterocycles. The lowest BCUT2D eigenvalue weighted by Crippen LogP contribution is -2.25. The van der Waals surface area contributed by atoms with E-state index < -0.39 is 9.84 Å². The molecule has 0 aliphatic carbocycles. The predicted molar refractivity (Wildman–Crippen MR) is 81.0 cm³/mol. The summed E-state index contributed by atoms with van der Waals surface area (Å²) >= 11 is 0. The number of sulfone groups is 1. The molecule has 0 aromatic heterocycles. The molecule has 0 saturated heterocycles. The number of hydrogen-bond acceptors (Lipinski definition) is 3. The Balaban J connectivity index is 2.51. The molecule has 19 heavy (non-hydrogen) atoms. The summed E-state index contributed by atoms with van der Waals surface area (Å²) in [6.07, 6.45) is 2.68. The van der Waals surface area contributed by atoms with Crippen molar-refractivity contribution in [3.8, 4) is 0 Å². The highest BCUT2D eigenvalue weighted by molar-refractivity contribution is 7.90. The highest BCUT2D eigenvalue weighted by Crippen LogP contribution is 2.13. The lowest BCUT2D eigenvalue weighted by Gasteiger charge is -2.13. The van der Waals surface area contributed by atoms with Crippen LogP contribution in [0.5, 0.6) is 0 Å². The Kier molecular flexibility index (Phi) is 6.52. The lowest BCUT2D eigenvalue weighted by atomic mass is 10.1. The number of hydrogen-bond donors (Lipinski definition) is 1. The van der Waals surface area contributed by atoms with Crippen molar-refractivity contribution < 1.29 is 8.42 Å². The molecular formula is C15H25NO2S. The van der Waals surface area contributed by atoms with Crippen molar-refractivity contribution in [1.82, 2.24) is 5.32 Å². The number of nitrogens with one attached hydrogen (secondary N) is 1. The minimum absolute atomic E-state index is 0.163. The standard InChI is InChI=1S/C15H25NO2S/c1-4-15(16-3)10-7-11-19(17,18)12-14-9-6-5-8-13(14)2/h5-6,8-9,15-16H,4,7,10-12H2,1-3H3. The Hall–Kier alpha value is -0.870. The molecule has 1 aromatic rings. The van der Waals surface area contributed by atoms with Crippen LogP contribution < -0.4 is 5.32 Å². The zero-order valence-electron chi connectivity index (χ0n) is 12.1. The van der Waals surface area contributed by atoms with Crippen LogP contribution >= 0.6 is 0 Å². The molecule has 1 N–H and O–H groups in total. The maximum absolute atomic E-state index is 12.1. The monoisotopic (exact) mass is 283 g/mol. The van der Waals surface area contributed by atoms with Crippen molar-refractivity contribution in [1.29, 1.82) is 0 Å². The third-order valence-electron chi connectivity index (χ3n) is 3.55. The minimum Gasteiger partial charge on any atom is -0.317 e. The lowest BCUT2D eigenvalue weighted by molar-refractivity contribution is 0.500. The summed E-state index contributed by atoms with van der Waals surface area (Å²) in [6, 6.07) is 8.11. The molecule has 0 fully saturated rings. The van der Waals surface area contributed by atoms with Gasteiger partial charge in [-0.15, -0.1) is 0 Å². The van der Waals surface area contributed by atoms with Crippen LogP contribution in [0.25, 0.3) is 0 Å². The van der Waals surface area contributed by atoms with Gasteiger partial charge in [-0.25, -0.2) is 8.42 Å². The van der Waals surface area contributed by atoms with E-state index in [0.29, 0.717) is 6.04 Å². The third kappa shape index (κ3) is 5.74. The highest BCUT2D eigenvalue weighted by Gasteiger charge is 2.14. The van der Waals surface area contributed by atoms with Gasteiger partial charge in [-0.3, -0.25) is 0 Å². The smallest absolute Gasteiger partial charge is 0.154 e. The van der Waals surface area contributed by atoms with Gasteiger partial charge in [0.15, 0.2) is 9.84 Å². The van der Waals surface area contributed by atoms with Crippen LogP contribution in [0.3, 0.4) is 0 Å². The number of rotatable bonds is 8. The fraction of sp³-hybridized carbons (Fsp3) is 0.600. The van der Waals surface area contributed by atoms with Crippen molar-refractivity contribution in [3.63, 3.8) is 0 Å². The summed E-state index contributed by atoms with van der Waals surface area (Å²) in [4.78, 5) is 0. The van der Waals surface area contributed by atoms with E-state index in [0.717, 1.165) is 30.4 Å². The Morgan fingerprint density at radius 2 is 1.95 bits per heavy atom. The first-order valence-corrected chi connectivity index (χ1v) is 8.73. The van der Waals surface area contributed by atoms with Gasteiger partial charge in [0, 0.05) is 6.04 Å². The first kappa shape index (κ1) is 16.2. The Morgan fingerprint density at radius 3 is 2.53 bits per heavy atom. The van der Waals surface area contributed by atoms with E-state index in [-0.39, 0.29) is 11.5 Å². The van der Waals surface area contributed by atoms with E-state index in [1.807, 2.05) is 38.2 Å². The topological polar surface area (TPSA) is 46.2 Å². The summed E-state index contributed by atoms with van der Waals surface area (Å²) in [5, 5.41) is 3.20. The van der Waals surface area contributed by atoms with Crippen molar-refractivity contribution in [2.24, 2.45) is 0 Å². The Bertz CT molecular complexity index is 479. The fourth-order valence-corrected chi connectivity index (χ4v) is 3.73. The van der Waals surface area contributed by atoms with E-state index in [4.69, 9.17) is 0 Å². The zero-order valence-corrected chi connectivity index (χ0v) is 13.0. The minimum atomic E-state index is -3.00. The van der Waals surface area contributed by atoms with E-state index in [2.05, 4.69) is 12.2 Å². The molecule has 0 spiro atoms. The molecule has 4 heteroatoms. The van der Waals surface area contributed by atoms with Crippen LogP contribution in [0.1, 0.15) is 37.3 Å². The molecule has 3 nitrogen and oxygen atoms in total. The maximum Gasteiger partial charge on any atom is 0.154 e. The zero-order chi connectivity index (χ0) is 14.3. The van der Waals surface area contributed by atoms with Crippen LogP contribution in [-0.2, 0) is 15.6 Å². The van der Waals surface area contributed by atoms with Crippen molar-refractivity contribution in [2.45, 2.75) is 44.9 Å². The average Bonchev–Trinajstić information content (AvgIpc) is 2.37. The Morgan fingerprint density at radius 1 is 1.26 bits per heavy atom. The van der Waals surface area contributed by atoms with Gasteiger partial charge in [-0.2, -0.15) is 0 Å². The molecule has 0 saturated carbocycles. The van der Waals surface area contributed by atoms with Gasteiger partial charge >= 0.3 is 0 Å². The molecule has 0 bridgehead atoms. The van der Waals surface area contributed by atoms with Crippen LogP contribution in [0.4, 0.5) is 0 Å². The maximum atomic E-state index is 12.1. The second-order valence-electron chi connectivity index (χ2n) is 5.05. The molecule has 1 rings (SSSR count). The number of benzene rings is 1. The summed E-state index contributed by atoms with van der Waals surface area (Å²) < 4.78 is 24.2. The van der Waals surface area contributed by atoms with Gasteiger partial charge in [-0.05, 0) is 44.4 Å². The van der Waals surface area contributed by atoms with Crippen molar-refractivity contribution in [3.05, 3.63) is 35.4 Å². The second kappa shape index (κ2) is 7.65. The van der Waals surface area contributed by atoms with E-state index in [1.54, 1.807) is 0 Å². The highest BCUT2D eigenvalue weighted by atomic mass is 32.2. The van der Waals surface area contributed by atoms with E-state index >= 15 is 0 Å². The summed E-state index contributed by atoms with van der Waals surface area (Å²) in [5.74, 6) is 0.440. The normalized spacial score (nSPS) is 13.4. The molecule has 0 aliphatic rings. The molecule has 0 radical (unpaired) electrons. The largest absolute Gasteiger partial charge is 0.317 e. The van der Waals surface area contributed by atoms with Gasteiger partial charge in [0.05, 0.1) is 11.5 Å². The summed E-state index contributed by atoms with van der Waals surface area (Å²) in [7, 11) is -1.07. The molecule has 1 unspecified atom stereocenters. The molecular weight excluding hydrogens is 258 g/mol. The summed E-state index contributed by atoms with van der Waals surface area (Å²) in [6.45, 7) is 4.07. The molecule has 0 amide bonds. The number of aryl methyl sites for hydroxylation is 1. The average molecular weight is 283 g/mol. The van der Waals surface area contributed by atoms with Gasteiger partial charge < -0.3 is 5.32 Å². The molecule has 108 valence electrons. The summed E-state index contributed by atoms with van der Waals surface area (Å²) in [5.41, 5.74) is 1.97. The van der Waals surface area contributed by atoms with Crippen LogP contribution in [0.2, 0.25) is 0 Å². The first-order valence-electron chi connectivity index (χ1n) is 6.90. The second-order valence-corrected chi connectivity index (χ2v) is 7.24.